The molecule has 0 bridgehead atoms. The van der Waals surface area contributed by atoms with Gasteiger partial charge in [-0.2, -0.15) is 0 Å². The largest absolute Gasteiger partial charge is 0.466 e. The van der Waals surface area contributed by atoms with Gasteiger partial charge in [0.25, 0.3) is 0 Å². The Labute approximate surface area is 139 Å². The molecule has 2 aromatic rings. The number of methoxy groups -OCH3 is 2. The average molecular weight is 330 g/mol. The number of hydrogen-bond acceptors (Lipinski definition) is 7. The van der Waals surface area contributed by atoms with E-state index >= 15 is 0 Å². The molecule has 1 aromatic carbocycles. The van der Waals surface area contributed by atoms with E-state index in [1.165, 1.54) is 14.2 Å². The van der Waals surface area contributed by atoms with Gasteiger partial charge in [-0.25, -0.2) is 14.6 Å². The van der Waals surface area contributed by atoms with Gasteiger partial charge in [0.05, 0.1) is 26.0 Å². The maximum atomic E-state index is 11.8. The number of benzene rings is 1. The van der Waals surface area contributed by atoms with Gasteiger partial charge in [0.2, 0.25) is 5.89 Å². The fraction of sp³-hybridized carbons (Fsp3) is 0.235. The predicted molar refractivity (Wildman–Crippen MR) is 87.2 cm³/mol. The van der Waals surface area contributed by atoms with E-state index in [1.807, 2.05) is 19.9 Å². The van der Waals surface area contributed by atoms with Crippen LogP contribution in [0.3, 0.4) is 0 Å². The Balaban J connectivity index is 2.31. The lowest BCUT2D eigenvalue weighted by Crippen LogP contribution is -2.15. The van der Waals surface area contributed by atoms with Gasteiger partial charge in [0, 0.05) is 11.3 Å². The van der Waals surface area contributed by atoms with Crippen molar-refractivity contribution in [3.05, 3.63) is 47.5 Å². The molecule has 0 aliphatic heterocycles. The molecule has 0 atom stereocenters. The molecule has 126 valence electrons. The van der Waals surface area contributed by atoms with Crippen LogP contribution in [-0.4, -0.2) is 31.1 Å². The summed E-state index contributed by atoms with van der Waals surface area (Å²) in [6.45, 7) is 3.70. The first-order valence-electron chi connectivity index (χ1n) is 7.14. The van der Waals surface area contributed by atoms with Crippen LogP contribution in [-0.2, 0) is 19.1 Å². The second-order valence-corrected chi connectivity index (χ2v) is 4.94. The molecule has 0 unspecified atom stereocenters. The van der Waals surface area contributed by atoms with Gasteiger partial charge in [-0.3, -0.25) is 0 Å². The van der Waals surface area contributed by atoms with Crippen molar-refractivity contribution < 1.29 is 23.5 Å². The molecule has 2 rings (SSSR count). The van der Waals surface area contributed by atoms with E-state index in [0.29, 0.717) is 11.6 Å². The van der Waals surface area contributed by atoms with Crippen molar-refractivity contribution in [3.63, 3.8) is 0 Å². The zero-order chi connectivity index (χ0) is 17.7. The number of nitrogens with one attached hydrogen (secondary N) is 1. The third-order valence-corrected chi connectivity index (χ3v) is 3.29. The van der Waals surface area contributed by atoms with E-state index in [0.717, 1.165) is 23.1 Å². The summed E-state index contributed by atoms with van der Waals surface area (Å²) in [5, 5.41) is 2.84. The Bertz CT molecular complexity index is 773. The second-order valence-electron chi connectivity index (χ2n) is 4.94. The smallest absolute Gasteiger partial charge is 0.354 e. The number of rotatable bonds is 5. The topological polar surface area (TPSA) is 90.7 Å². The molecule has 0 aliphatic carbocycles. The number of esters is 2. The standard InChI is InChI=1S/C17H18N2O5/c1-10-11(2)24-16(18-10)12-6-5-7-13(8-12)19-14(17(21)23-4)9-15(20)22-3/h5-9,19H,1-4H3/b14-9+. The normalized spacial score (nSPS) is 11.1. The zero-order valence-corrected chi connectivity index (χ0v) is 13.9. The fourth-order valence-electron chi connectivity index (χ4n) is 1.91. The number of nitrogens with zero attached hydrogens (tertiary/aromatic N) is 1. The number of aryl methyl sites for hydroxylation is 2. The quantitative estimate of drug-likeness (QED) is 0.665. The van der Waals surface area contributed by atoms with E-state index in [1.54, 1.807) is 18.2 Å². The highest BCUT2D eigenvalue weighted by atomic mass is 16.5. The molecule has 0 amide bonds. The highest BCUT2D eigenvalue weighted by molar-refractivity contribution is 5.98. The summed E-state index contributed by atoms with van der Waals surface area (Å²) in [7, 11) is 2.45. The van der Waals surface area contributed by atoms with Gasteiger partial charge < -0.3 is 19.2 Å². The summed E-state index contributed by atoms with van der Waals surface area (Å²) < 4.78 is 14.8. The molecule has 7 heteroatoms. The molecule has 0 radical (unpaired) electrons. The van der Waals surface area contributed by atoms with Crippen molar-refractivity contribution in [2.45, 2.75) is 13.8 Å². The maximum absolute atomic E-state index is 11.8. The number of oxazole rings is 1. The van der Waals surface area contributed by atoms with E-state index < -0.39 is 11.9 Å². The summed E-state index contributed by atoms with van der Waals surface area (Å²) in [5.41, 5.74) is 2.07. The number of aromatic nitrogens is 1. The van der Waals surface area contributed by atoms with Crippen LogP contribution in [0.4, 0.5) is 5.69 Å². The molecule has 1 heterocycles. The number of ether oxygens (including phenoxy) is 2. The Morgan fingerprint density at radius 2 is 1.96 bits per heavy atom. The molecule has 7 nitrogen and oxygen atoms in total. The van der Waals surface area contributed by atoms with Gasteiger partial charge in [-0.05, 0) is 32.0 Å². The van der Waals surface area contributed by atoms with Crippen LogP contribution in [0.25, 0.3) is 11.5 Å². The number of anilines is 1. The first-order chi connectivity index (χ1) is 11.4. The van der Waals surface area contributed by atoms with Crippen LogP contribution in [0.15, 0.2) is 40.5 Å². The highest BCUT2D eigenvalue weighted by Crippen LogP contribution is 2.24. The molecule has 1 N–H and O–H groups in total. The summed E-state index contributed by atoms with van der Waals surface area (Å²) in [6.07, 6.45) is 1.03. The summed E-state index contributed by atoms with van der Waals surface area (Å²) in [6, 6.07) is 7.09. The first kappa shape index (κ1) is 17.3. The molecule has 1 aromatic heterocycles. The number of carbonyl (C=O) groups is 2. The predicted octanol–water partition coefficient (Wildman–Crippen LogP) is 2.60. The summed E-state index contributed by atoms with van der Waals surface area (Å²) in [5.74, 6) is -0.138. The number of hydrogen-bond donors (Lipinski definition) is 1. The third kappa shape index (κ3) is 4.01. The summed E-state index contributed by atoms with van der Waals surface area (Å²) >= 11 is 0. The van der Waals surface area contributed by atoms with Crippen molar-refractivity contribution in [1.29, 1.82) is 0 Å². The molecule has 0 saturated carbocycles. The van der Waals surface area contributed by atoms with Crippen LogP contribution in [0, 0.1) is 13.8 Å². The molecule has 0 saturated heterocycles. The number of carbonyl (C=O) groups excluding carboxylic acids is 2. The minimum absolute atomic E-state index is 0.0405. The van der Waals surface area contributed by atoms with Crippen LogP contribution in [0.2, 0.25) is 0 Å². The second kappa shape index (κ2) is 7.45. The van der Waals surface area contributed by atoms with Crippen LogP contribution >= 0.6 is 0 Å². The van der Waals surface area contributed by atoms with Gasteiger partial charge in [0.1, 0.15) is 11.5 Å². The van der Waals surface area contributed by atoms with Gasteiger partial charge in [-0.15, -0.1) is 0 Å². The van der Waals surface area contributed by atoms with Gasteiger partial charge in [-0.1, -0.05) is 6.07 Å². The van der Waals surface area contributed by atoms with Gasteiger partial charge >= 0.3 is 11.9 Å². The molecular weight excluding hydrogens is 312 g/mol. The van der Waals surface area contributed by atoms with Crippen LogP contribution in [0.1, 0.15) is 11.5 Å². The lowest BCUT2D eigenvalue weighted by molar-refractivity contribution is -0.138. The van der Waals surface area contributed by atoms with E-state index in [2.05, 4.69) is 19.8 Å². The van der Waals surface area contributed by atoms with Crippen molar-refractivity contribution >= 4 is 17.6 Å². The van der Waals surface area contributed by atoms with Crippen LogP contribution < -0.4 is 5.32 Å². The van der Waals surface area contributed by atoms with Crippen LogP contribution in [0.5, 0.6) is 0 Å². The Morgan fingerprint density at radius 1 is 1.21 bits per heavy atom. The Kier molecular flexibility index (Phi) is 5.36. The third-order valence-electron chi connectivity index (χ3n) is 3.29. The highest BCUT2D eigenvalue weighted by Gasteiger charge is 2.14. The van der Waals surface area contributed by atoms with Crippen molar-refractivity contribution in [3.8, 4) is 11.5 Å². The Morgan fingerprint density at radius 3 is 2.54 bits per heavy atom. The Hall–Kier alpha value is -3.09. The monoisotopic (exact) mass is 330 g/mol. The zero-order valence-electron chi connectivity index (χ0n) is 13.9. The molecular formula is C17H18N2O5. The maximum Gasteiger partial charge on any atom is 0.354 e. The van der Waals surface area contributed by atoms with E-state index in [4.69, 9.17) is 4.42 Å². The SMILES string of the molecule is COC(=O)/C=C(/Nc1cccc(-c2nc(C)c(C)o2)c1)C(=O)OC. The summed E-state index contributed by atoms with van der Waals surface area (Å²) in [4.78, 5) is 27.5. The van der Waals surface area contributed by atoms with Crippen molar-refractivity contribution in [2.24, 2.45) is 0 Å². The fourth-order valence-corrected chi connectivity index (χ4v) is 1.91. The van der Waals surface area contributed by atoms with Crippen molar-refractivity contribution in [1.82, 2.24) is 4.98 Å². The molecule has 0 aliphatic rings. The van der Waals surface area contributed by atoms with E-state index in [-0.39, 0.29) is 5.70 Å². The lowest BCUT2D eigenvalue weighted by atomic mass is 10.2. The molecule has 24 heavy (non-hydrogen) atoms. The minimum Gasteiger partial charge on any atom is -0.466 e. The molecule has 0 fully saturated rings. The lowest BCUT2D eigenvalue weighted by Gasteiger charge is -2.09. The van der Waals surface area contributed by atoms with E-state index in [9.17, 15) is 9.59 Å². The van der Waals surface area contributed by atoms with Gasteiger partial charge in [0.15, 0.2) is 0 Å². The minimum atomic E-state index is -0.686. The average Bonchev–Trinajstić information content (AvgIpc) is 2.92. The first-order valence-corrected chi connectivity index (χ1v) is 7.14. The van der Waals surface area contributed by atoms with Crippen molar-refractivity contribution in [2.75, 3.05) is 19.5 Å². The molecule has 0 spiro atoms.